The average molecular weight is 207 g/mol. The highest BCUT2D eigenvalue weighted by atomic mass is 32.9. The molecule has 0 aliphatic carbocycles. The van der Waals surface area contributed by atoms with Crippen molar-refractivity contribution in [2.24, 2.45) is 5.73 Å². The van der Waals surface area contributed by atoms with Gasteiger partial charge in [0.25, 0.3) is 0 Å². The molecule has 0 saturated carbocycles. The van der Waals surface area contributed by atoms with E-state index in [1.807, 2.05) is 0 Å². The third kappa shape index (κ3) is 3.00. The minimum absolute atomic E-state index is 0.236. The first-order valence-corrected chi connectivity index (χ1v) is 5.75. The number of primary amides is 1. The Balaban J connectivity index is 2.51. The van der Waals surface area contributed by atoms with Gasteiger partial charge in [-0.3, -0.25) is 10.2 Å². The topological polar surface area (TPSA) is 79.8 Å². The number of rotatable bonds is 3. The van der Waals surface area contributed by atoms with Crippen LogP contribution in [0.1, 0.15) is 0 Å². The number of hydrogen-bond acceptors (Lipinski definition) is 6. The van der Waals surface area contributed by atoms with Crippen molar-refractivity contribution in [1.29, 1.82) is 5.41 Å². The predicted molar refractivity (Wildman–Crippen MR) is 45.8 cm³/mol. The molecule has 0 atom stereocenters. The smallest absolute Gasteiger partial charge is 0.227 e. The number of hydrogen-bond donors (Lipinski definition) is 2. The molecule has 1 amide bonds. The molecule has 0 bridgehead atoms. The van der Waals surface area contributed by atoms with Crippen molar-refractivity contribution >= 4 is 38.3 Å². The van der Waals surface area contributed by atoms with Crippen molar-refractivity contribution in [2.45, 2.75) is 4.34 Å². The summed E-state index contributed by atoms with van der Waals surface area (Å²) in [6.07, 6.45) is 0. The molecule has 0 saturated heterocycles. The van der Waals surface area contributed by atoms with E-state index in [0.717, 1.165) is 4.34 Å². The Kier molecular flexibility index (Phi) is 3.03. The van der Waals surface area contributed by atoms with Gasteiger partial charge in [0, 0.05) is 0 Å². The zero-order valence-corrected chi connectivity index (χ0v) is 7.81. The zero-order chi connectivity index (χ0) is 8.27. The standard InChI is InChI=1S/C4H5N3OS3/c5-2(8)1-9-4-7-3(6)10-11-4/h6H,1H2,(H2,5,8). The van der Waals surface area contributed by atoms with Gasteiger partial charge in [-0.1, -0.05) is 11.8 Å². The van der Waals surface area contributed by atoms with Crippen LogP contribution in [0.4, 0.5) is 0 Å². The molecule has 0 unspecified atom stereocenters. The fraction of sp³-hybridized carbons (Fsp3) is 0.250. The summed E-state index contributed by atoms with van der Waals surface area (Å²) in [5, 5.41) is 7.09. The van der Waals surface area contributed by atoms with Crippen LogP contribution in [0.15, 0.2) is 4.34 Å². The van der Waals surface area contributed by atoms with Gasteiger partial charge in [-0.2, -0.15) is 0 Å². The monoisotopic (exact) mass is 207 g/mol. The van der Waals surface area contributed by atoms with Crippen LogP contribution in [0.25, 0.3) is 0 Å². The van der Waals surface area contributed by atoms with Gasteiger partial charge in [0.2, 0.25) is 10.7 Å². The van der Waals surface area contributed by atoms with E-state index in [9.17, 15) is 4.79 Å². The third-order valence-electron chi connectivity index (χ3n) is 0.723. The van der Waals surface area contributed by atoms with Crippen LogP contribution in [-0.2, 0) is 4.79 Å². The van der Waals surface area contributed by atoms with E-state index in [1.165, 1.54) is 32.4 Å². The van der Waals surface area contributed by atoms with E-state index in [4.69, 9.17) is 11.1 Å². The maximum absolute atomic E-state index is 10.3. The summed E-state index contributed by atoms with van der Waals surface area (Å²) >= 11 is 1.27. The molecule has 1 aromatic heterocycles. The summed E-state index contributed by atoms with van der Waals surface area (Å²) in [4.78, 5) is 14.4. The second-order valence-electron chi connectivity index (χ2n) is 1.60. The SMILES string of the molecule is N=c1nc(SCC(N)=O)ss1. The summed E-state index contributed by atoms with van der Waals surface area (Å²) < 4.78 is 0.735. The lowest BCUT2D eigenvalue weighted by molar-refractivity contribution is -0.115. The molecule has 11 heavy (non-hydrogen) atoms. The summed E-state index contributed by atoms with van der Waals surface area (Å²) in [5.74, 6) is -0.124. The molecule has 60 valence electrons. The molecule has 0 fully saturated rings. The quantitative estimate of drug-likeness (QED) is 0.551. The number of nitrogens with one attached hydrogen (secondary N) is 1. The Morgan fingerprint density at radius 3 is 2.91 bits per heavy atom. The lowest BCUT2D eigenvalue weighted by atomic mass is 10.8. The van der Waals surface area contributed by atoms with Crippen LogP contribution >= 0.6 is 32.4 Å². The van der Waals surface area contributed by atoms with Gasteiger partial charge in [-0.25, -0.2) is 4.98 Å². The van der Waals surface area contributed by atoms with Crippen molar-refractivity contribution in [3.05, 3.63) is 4.80 Å². The molecule has 1 aromatic rings. The molecule has 0 spiro atoms. The number of thioether (sulfide) groups is 1. The second kappa shape index (κ2) is 3.84. The molecule has 1 heterocycles. The Morgan fingerprint density at radius 2 is 2.45 bits per heavy atom. The molecule has 1 rings (SSSR count). The normalized spacial score (nSPS) is 9.82. The average Bonchev–Trinajstić information content (AvgIpc) is 2.31. The Morgan fingerprint density at radius 1 is 1.73 bits per heavy atom. The van der Waals surface area contributed by atoms with Crippen LogP contribution < -0.4 is 10.5 Å². The van der Waals surface area contributed by atoms with Crippen LogP contribution in [0, 0.1) is 5.41 Å². The summed E-state index contributed by atoms with van der Waals surface area (Å²) in [6.45, 7) is 0. The highest BCUT2D eigenvalue weighted by molar-refractivity contribution is 8.03. The van der Waals surface area contributed by atoms with E-state index in [1.54, 1.807) is 0 Å². The number of carbonyl (C=O) groups excluding carboxylic acids is 1. The first-order chi connectivity index (χ1) is 5.18. The molecule has 3 N–H and O–H groups in total. The van der Waals surface area contributed by atoms with E-state index >= 15 is 0 Å². The summed E-state index contributed by atoms with van der Waals surface area (Å²) in [7, 11) is 2.67. The minimum atomic E-state index is -0.360. The highest BCUT2D eigenvalue weighted by Gasteiger charge is 2.00. The Labute approximate surface area is 74.4 Å². The summed E-state index contributed by atoms with van der Waals surface area (Å²) in [6, 6.07) is 0. The Hall–Kier alpha value is -0.400. The Bertz CT molecular complexity index is 304. The largest absolute Gasteiger partial charge is 0.369 e. The van der Waals surface area contributed by atoms with Gasteiger partial charge in [-0.05, 0) is 20.7 Å². The van der Waals surface area contributed by atoms with Gasteiger partial charge in [0.1, 0.15) is 0 Å². The van der Waals surface area contributed by atoms with E-state index in [2.05, 4.69) is 4.98 Å². The van der Waals surface area contributed by atoms with Crippen molar-refractivity contribution in [3.8, 4) is 0 Å². The number of carbonyl (C=O) groups is 1. The molecule has 7 heteroatoms. The number of nitrogens with two attached hydrogens (primary N) is 1. The molecule has 0 aliphatic rings. The van der Waals surface area contributed by atoms with Gasteiger partial charge in [-0.15, -0.1) is 0 Å². The first kappa shape index (κ1) is 8.69. The van der Waals surface area contributed by atoms with Crippen molar-refractivity contribution in [3.63, 3.8) is 0 Å². The highest BCUT2D eigenvalue weighted by Crippen LogP contribution is 2.20. The van der Waals surface area contributed by atoms with Gasteiger partial charge in [0.15, 0.2) is 4.34 Å². The zero-order valence-electron chi connectivity index (χ0n) is 5.36. The van der Waals surface area contributed by atoms with E-state index < -0.39 is 0 Å². The van der Waals surface area contributed by atoms with Crippen LogP contribution in [0.2, 0.25) is 0 Å². The van der Waals surface area contributed by atoms with E-state index in [-0.39, 0.29) is 16.5 Å². The molecule has 0 radical (unpaired) electrons. The molecule has 0 aromatic carbocycles. The summed E-state index contributed by atoms with van der Waals surface area (Å²) in [5.41, 5.74) is 4.92. The molecular weight excluding hydrogens is 202 g/mol. The number of aromatic nitrogens is 1. The predicted octanol–water partition coefficient (Wildman–Crippen LogP) is 0.261. The third-order valence-corrected chi connectivity index (χ3v) is 4.17. The minimum Gasteiger partial charge on any atom is -0.369 e. The lowest BCUT2D eigenvalue weighted by Crippen LogP contribution is -2.13. The molecular formula is C4H5N3OS3. The van der Waals surface area contributed by atoms with Crippen LogP contribution in [0.3, 0.4) is 0 Å². The second-order valence-corrected chi connectivity index (χ2v) is 4.93. The van der Waals surface area contributed by atoms with Gasteiger partial charge >= 0.3 is 0 Å². The maximum atomic E-state index is 10.3. The van der Waals surface area contributed by atoms with Crippen LogP contribution in [0.5, 0.6) is 0 Å². The van der Waals surface area contributed by atoms with Crippen molar-refractivity contribution < 1.29 is 4.79 Å². The van der Waals surface area contributed by atoms with Crippen molar-refractivity contribution in [2.75, 3.05) is 5.75 Å². The lowest BCUT2D eigenvalue weighted by Gasteiger charge is -1.88. The number of nitrogens with zero attached hydrogens (tertiary/aromatic N) is 1. The van der Waals surface area contributed by atoms with Gasteiger partial charge in [0.05, 0.1) is 5.75 Å². The fourth-order valence-electron chi connectivity index (χ4n) is 0.384. The maximum Gasteiger partial charge on any atom is 0.227 e. The fourth-order valence-corrected chi connectivity index (χ4v) is 3.11. The van der Waals surface area contributed by atoms with Gasteiger partial charge < -0.3 is 5.73 Å². The van der Waals surface area contributed by atoms with Crippen molar-refractivity contribution in [1.82, 2.24) is 4.98 Å². The number of amides is 1. The first-order valence-electron chi connectivity index (χ1n) is 2.61. The van der Waals surface area contributed by atoms with E-state index in [0.29, 0.717) is 0 Å². The molecule has 4 nitrogen and oxygen atoms in total. The molecule has 0 aliphatic heterocycles. The van der Waals surface area contributed by atoms with Crippen LogP contribution in [-0.4, -0.2) is 16.6 Å².